The van der Waals surface area contributed by atoms with E-state index in [9.17, 15) is 18.0 Å². The van der Waals surface area contributed by atoms with Crippen LogP contribution in [0.3, 0.4) is 0 Å². The largest absolute Gasteiger partial charge is 0.434 e. The molecule has 35 heavy (non-hydrogen) atoms. The van der Waals surface area contributed by atoms with E-state index in [1.165, 1.54) is 12.1 Å². The van der Waals surface area contributed by atoms with Crippen molar-refractivity contribution in [1.29, 1.82) is 0 Å². The van der Waals surface area contributed by atoms with Gasteiger partial charge in [-0.3, -0.25) is 4.79 Å². The molecule has 2 N–H and O–H groups in total. The Balaban J connectivity index is 1.69. The summed E-state index contributed by atoms with van der Waals surface area (Å²) in [5.74, 6) is -1.24. The third-order valence-electron chi connectivity index (χ3n) is 5.33. The van der Waals surface area contributed by atoms with Crippen LogP contribution in [0.25, 0.3) is 0 Å². The Kier molecular flexibility index (Phi) is 8.41. The molecular formula is C21H15Cl5F3N3O2S. The van der Waals surface area contributed by atoms with Crippen LogP contribution in [0, 0.1) is 17.3 Å². The first-order valence-electron chi connectivity index (χ1n) is 9.65. The Hall–Kier alpha value is -1.49. The molecule has 1 aliphatic rings. The molecule has 1 aliphatic carbocycles. The fourth-order valence-corrected chi connectivity index (χ4v) is 4.72. The SMILES string of the molecule is CC1(C)C(C=C(Cl)Cl)C1C(=O)NC(=S)Nc1cc(Cl)c(Oc2ncc(C(F)(F)F)cc2Cl)c(Cl)c1. The Bertz CT molecular complexity index is 1200. The van der Waals surface area contributed by atoms with E-state index >= 15 is 0 Å². The number of hydrogen-bond donors (Lipinski definition) is 2. The molecule has 3 rings (SSSR count). The van der Waals surface area contributed by atoms with Crippen LogP contribution >= 0.6 is 70.2 Å². The van der Waals surface area contributed by atoms with Gasteiger partial charge in [0.05, 0.1) is 21.5 Å². The van der Waals surface area contributed by atoms with E-state index in [-0.39, 0.29) is 59.5 Å². The molecule has 1 aromatic heterocycles. The molecule has 0 bridgehead atoms. The number of benzene rings is 1. The van der Waals surface area contributed by atoms with Crippen LogP contribution < -0.4 is 15.4 Å². The summed E-state index contributed by atoms with van der Waals surface area (Å²) in [6.45, 7) is 3.81. The fourth-order valence-electron chi connectivity index (χ4n) is 3.46. The number of amides is 1. The number of hydrogen-bond acceptors (Lipinski definition) is 4. The van der Waals surface area contributed by atoms with Gasteiger partial charge in [-0.2, -0.15) is 13.2 Å². The van der Waals surface area contributed by atoms with Crippen LogP contribution in [-0.2, 0) is 11.0 Å². The number of thiocarbonyl (C=S) groups is 1. The van der Waals surface area contributed by atoms with Crippen molar-refractivity contribution in [3.8, 4) is 11.6 Å². The number of aromatic nitrogens is 1. The van der Waals surface area contributed by atoms with Gasteiger partial charge in [0.25, 0.3) is 0 Å². The molecule has 2 atom stereocenters. The van der Waals surface area contributed by atoms with Crippen molar-refractivity contribution >= 4 is 86.9 Å². The van der Waals surface area contributed by atoms with Crippen molar-refractivity contribution in [3.63, 3.8) is 0 Å². The first kappa shape index (κ1) is 28.1. The number of alkyl halides is 3. The molecule has 14 heteroatoms. The smallest absolute Gasteiger partial charge is 0.417 e. The number of nitrogens with zero attached hydrogens (tertiary/aromatic N) is 1. The van der Waals surface area contributed by atoms with E-state index in [4.69, 9.17) is 75.0 Å². The third-order valence-corrected chi connectivity index (χ3v) is 6.61. The lowest BCUT2D eigenvalue weighted by Crippen LogP contribution is -2.36. The lowest BCUT2D eigenvalue weighted by Gasteiger charge is -2.14. The Morgan fingerprint density at radius 3 is 2.26 bits per heavy atom. The Morgan fingerprint density at radius 2 is 1.74 bits per heavy atom. The van der Waals surface area contributed by atoms with Gasteiger partial charge in [-0.1, -0.05) is 71.9 Å². The predicted molar refractivity (Wildman–Crippen MR) is 136 cm³/mol. The van der Waals surface area contributed by atoms with Gasteiger partial charge in [0.15, 0.2) is 10.9 Å². The molecule has 2 aromatic rings. The molecule has 1 fully saturated rings. The molecule has 2 unspecified atom stereocenters. The van der Waals surface area contributed by atoms with Crippen LogP contribution in [0.1, 0.15) is 19.4 Å². The summed E-state index contributed by atoms with van der Waals surface area (Å²) < 4.78 is 43.9. The summed E-state index contributed by atoms with van der Waals surface area (Å²) in [5.41, 5.74) is -1.06. The average molecular weight is 608 g/mol. The molecule has 1 amide bonds. The van der Waals surface area contributed by atoms with Gasteiger partial charge in [-0.25, -0.2) is 4.98 Å². The fraction of sp³-hybridized carbons (Fsp3) is 0.286. The third kappa shape index (κ3) is 6.64. The van der Waals surface area contributed by atoms with Gasteiger partial charge >= 0.3 is 6.18 Å². The summed E-state index contributed by atoms with van der Waals surface area (Å²) in [5, 5.41) is 4.96. The van der Waals surface area contributed by atoms with Gasteiger partial charge in [-0.05, 0) is 47.8 Å². The summed E-state index contributed by atoms with van der Waals surface area (Å²) in [7, 11) is 0. The second kappa shape index (κ2) is 10.5. The van der Waals surface area contributed by atoms with Crippen molar-refractivity contribution in [2.75, 3.05) is 5.32 Å². The first-order chi connectivity index (χ1) is 16.1. The standard InChI is InChI=1S/C21H15Cl5F3N3O2S/c1-20(2)10(6-14(25)26)15(20)17(33)32-19(35)31-9-4-11(22)16(12(23)5-9)34-18-13(24)3-8(7-30-18)21(27,28)29/h3-7,10,15H,1-2H3,(H2,31,32,33,35). The second-order valence-corrected chi connectivity index (χ2v) is 10.7. The maximum atomic E-state index is 12.8. The van der Waals surface area contributed by atoms with Crippen LogP contribution in [0.5, 0.6) is 11.6 Å². The summed E-state index contributed by atoms with van der Waals surface area (Å²) in [4.78, 5) is 16.2. The van der Waals surface area contributed by atoms with Crippen LogP contribution in [0.2, 0.25) is 15.1 Å². The normalized spacial score (nSPS) is 18.5. The topological polar surface area (TPSA) is 63.2 Å². The molecule has 0 spiro atoms. The molecule has 5 nitrogen and oxygen atoms in total. The minimum Gasteiger partial charge on any atom is -0.434 e. The van der Waals surface area contributed by atoms with E-state index < -0.39 is 11.7 Å². The average Bonchev–Trinajstić information content (AvgIpc) is 3.23. The second-order valence-electron chi connectivity index (χ2n) is 8.10. The lowest BCUT2D eigenvalue weighted by molar-refractivity contribution is -0.137. The summed E-state index contributed by atoms with van der Waals surface area (Å²) in [6, 6.07) is 3.45. The van der Waals surface area contributed by atoms with Gasteiger partial charge in [0.1, 0.15) is 9.51 Å². The van der Waals surface area contributed by atoms with Gasteiger partial charge in [-0.15, -0.1) is 0 Å². The molecule has 1 aromatic carbocycles. The van der Waals surface area contributed by atoms with Crippen LogP contribution in [0.4, 0.5) is 18.9 Å². The minimum absolute atomic E-state index is 0.00866. The zero-order valence-corrected chi connectivity index (χ0v) is 22.3. The summed E-state index contributed by atoms with van der Waals surface area (Å²) in [6.07, 6.45) is -2.43. The highest BCUT2D eigenvalue weighted by molar-refractivity contribution is 7.80. The number of carbonyl (C=O) groups is 1. The molecule has 0 aliphatic heterocycles. The number of halogens is 8. The quantitative estimate of drug-likeness (QED) is 0.335. The van der Waals surface area contributed by atoms with Crippen molar-refractivity contribution in [3.05, 3.63) is 55.6 Å². The highest BCUT2D eigenvalue weighted by Gasteiger charge is 2.60. The van der Waals surface area contributed by atoms with E-state index in [0.717, 1.165) is 0 Å². The molecule has 1 heterocycles. The first-order valence-corrected chi connectivity index (χ1v) is 12.0. The Labute approximate surface area is 228 Å². The van der Waals surface area contributed by atoms with Gasteiger partial charge in [0, 0.05) is 11.9 Å². The van der Waals surface area contributed by atoms with Gasteiger partial charge in [0.2, 0.25) is 11.8 Å². The van der Waals surface area contributed by atoms with Crippen LogP contribution in [0.15, 0.2) is 35.0 Å². The minimum atomic E-state index is -4.62. The molecule has 0 saturated heterocycles. The monoisotopic (exact) mass is 605 g/mol. The van der Waals surface area contributed by atoms with E-state index in [1.54, 1.807) is 6.08 Å². The predicted octanol–water partition coefficient (Wildman–Crippen LogP) is 8.26. The number of rotatable bonds is 5. The van der Waals surface area contributed by atoms with Crippen LogP contribution in [-0.4, -0.2) is 16.0 Å². The maximum absolute atomic E-state index is 12.8. The van der Waals surface area contributed by atoms with Crippen molar-refractivity contribution in [1.82, 2.24) is 10.3 Å². The lowest BCUT2D eigenvalue weighted by atomic mass is 10.1. The van der Waals surface area contributed by atoms with E-state index in [2.05, 4.69) is 15.6 Å². The summed E-state index contributed by atoms with van der Waals surface area (Å²) >= 11 is 35.0. The number of allylic oxidation sites excluding steroid dienone is 1. The zero-order valence-electron chi connectivity index (χ0n) is 17.7. The number of ether oxygens (including phenoxy) is 1. The molecule has 1 saturated carbocycles. The molecule has 188 valence electrons. The van der Waals surface area contributed by atoms with Crippen molar-refractivity contribution in [2.45, 2.75) is 20.0 Å². The highest BCUT2D eigenvalue weighted by Crippen LogP contribution is 2.59. The van der Waals surface area contributed by atoms with Crippen molar-refractivity contribution in [2.24, 2.45) is 17.3 Å². The zero-order chi connectivity index (χ0) is 26.3. The number of nitrogens with one attached hydrogen (secondary N) is 2. The highest BCUT2D eigenvalue weighted by atomic mass is 35.5. The Morgan fingerprint density at radius 1 is 1.14 bits per heavy atom. The molecular weight excluding hydrogens is 593 g/mol. The van der Waals surface area contributed by atoms with Gasteiger partial charge < -0.3 is 15.4 Å². The van der Waals surface area contributed by atoms with E-state index in [0.29, 0.717) is 18.0 Å². The number of anilines is 1. The number of carbonyl (C=O) groups excluding carboxylic acids is 1. The number of pyridine rings is 1. The molecule has 0 radical (unpaired) electrons. The van der Waals surface area contributed by atoms with Crippen molar-refractivity contribution < 1.29 is 22.7 Å². The maximum Gasteiger partial charge on any atom is 0.417 e. The van der Waals surface area contributed by atoms with E-state index in [1.807, 2.05) is 13.8 Å².